The van der Waals surface area contributed by atoms with Crippen LogP contribution in [0.2, 0.25) is 0 Å². The lowest BCUT2D eigenvalue weighted by atomic mass is 10.1. The van der Waals surface area contributed by atoms with Gasteiger partial charge < -0.3 is 20.7 Å². The molecular weight excluding hydrogens is 442 g/mol. The summed E-state index contributed by atoms with van der Waals surface area (Å²) in [6.45, 7) is 5.93. The molecule has 0 radical (unpaired) electrons. The van der Waals surface area contributed by atoms with Crippen LogP contribution in [-0.4, -0.2) is 48.9 Å². The molecule has 0 aromatic heterocycles. The first-order chi connectivity index (χ1) is 17.0. The SMILES string of the molecule is CCCCCCCCN(CCCCCCCC)C(=O)COCC(=O)NCc1cccc(C(N)=O)c1. The lowest BCUT2D eigenvalue weighted by Crippen LogP contribution is -2.37. The van der Waals surface area contributed by atoms with Gasteiger partial charge in [-0.2, -0.15) is 0 Å². The van der Waals surface area contributed by atoms with E-state index < -0.39 is 5.91 Å². The largest absolute Gasteiger partial charge is 0.366 e. The van der Waals surface area contributed by atoms with Crippen LogP contribution in [0.3, 0.4) is 0 Å². The number of unbranched alkanes of at least 4 members (excludes halogenated alkanes) is 10. The van der Waals surface area contributed by atoms with Crippen molar-refractivity contribution in [3.63, 3.8) is 0 Å². The molecule has 0 heterocycles. The summed E-state index contributed by atoms with van der Waals surface area (Å²) in [5, 5.41) is 2.74. The molecule has 3 N–H and O–H groups in total. The first-order valence-corrected chi connectivity index (χ1v) is 13.5. The molecule has 0 bridgehead atoms. The highest BCUT2D eigenvalue weighted by atomic mass is 16.5. The molecule has 198 valence electrons. The second-order valence-corrected chi connectivity index (χ2v) is 9.25. The number of ether oxygens (including phenoxy) is 1. The van der Waals surface area contributed by atoms with Crippen molar-refractivity contribution in [3.8, 4) is 0 Å². The van der Waals surface area contributed by atoms with Gasteiger partial charge in [0.1, 0.15) is 13.2 Å². The van der Waals surface area contributed by atoms with Gasteiger partial charge in [-0.3, -0.25) is 14.4 Å². The molecule has 0 unspecified atom stereocenters. The highest BCUT2D eigenvalue weighted by Gasteiger charge is 2.14. The molecule has 1 aromatic rings. The van der Waals surface area contributed by atoms with E-state index in [4.69, 9.17) is 10.5 Å². The third kappa shape index (κ3) is 15.2. The van der Waals surface area contributed by atoms with E-state index in [9.17, 15) is 14.4 Å². The summed E-state index contributed by atoms with van der Waals surface area (Å²) in [6.07, 6.45) is 14.2. The topological polar surface area (TPSA) is 102 Å². The van der Waals surface area contributed by atoms with E-state index in [0.29, 0.717) is 5.56 Å². The van der Waals surface area contributed by atoms with Crippen LogP contribution in [0.25, 0.3) is 0 Å². The molecule has 0 saturated carbocycles. The van der Waals surface area contributed by atoms with E-state index in [0.717, 1.165) is 44.3 Å². The minimum atomic E-state index is -0.508. The van der Waals surface area contributed by atoms with Gasteiger partial charge in [-0.1, -0.05) is 90.2 Å². The van der Waals surface area contributed by atoms with Crippen LogP contribution in [0.4, 0.5) is 0 Å². The Morgan fingerprint density at radius 1 is 0.829 bits per heavy atom. The minimum absolute atomic E-state index is 0.0472. The summed E-state index contributed by atoms with van der Waals surface area (Å²) in [4.78, 5) is 38.1. The maximum absolute atomic E-state index is 12.8. The van der Waals surface area contributed by atoms with Gasteiger partial charge in [0.05, 0.1) is 0 Å². The highest BCUT2D eigenvalue weighted by molar-refractivity contribution is 5.92. The monoisotopic (exact) mass is 489 g/mol. The molecule has 7 nitrogen and oxygen atoms in total. The van der Waals surface area contributed by atoms with Gasteiger partial charge in [-0.25, -0.2) is 0 Å². The van der Waals surface area contributed by atoms with Gasteiger partial charge >= 0.3 is 0 Å². The zero-order valence-corrected chi connectivity index (χ0v) is 22.0. The Kier molecular flexibility index (Phi) is 17.4. The van der Waals surface area contributed by atoms with Crippen molar-refractivity contribution in [2.45, 2.75) is 97.4 Å². The van der Waals surface area contributed by atoms with Crippen molar-refractivity contribution in [2.75, 3.05) is 26.3 Å². The van der Waals surface area contributed by atoms with E-state index in [1.54, 1.807) is 24.3 Å². The Bertz CT molecular complexity index is 723. The number of nitrogens with one attached hydrogen (secondary N) is 1. The third-order valence-electron chi connectivity index (χ3n) is 6.08. The highest BCUT2D eigenvalue weighted by Crippen LogP contribution is 2.10. The summed E-state index contributed by atoms with van der Waals surface area (Å²) in [5.74, 6) is -0.860. The fourth-order valence-electron chi connectivity index (χ4n) is 3.94. The maximum Gasteiger partial charge on any atom is 0.248 e. The van der Waals surface area contributed by atoms with Crippen LogP contribution in [0, 0.1) is 0 Å². The number of nitrogens with two attached hydrogens (primary N) is 1. The zero-order valence-electron chi connectivity index (χ0n) is 22.0. The van der Waals surface area contributed by atoms with Crippen LogP contribution >= 0.6 is 0 Å². The number of amides is 3. The molecule has 0 aliphatic rings. The molecule has 0 aliphatic carbocycles. The lowest BCUT2D eigenvalue weighted by Gasteiger charge is -2.23. The second-order valence-electron chi connectivity index (χ2n) is 9.25. The summed E-state index contributed by atoms with van der Waals surface area (Å²) < 4.78 is 5.43. The summed E-state index contributed by atoms with van der Waals surface area (Å²) >= 11 is 0. The van der Waals surface area contributed by atoms with Crippen molar-refractivity contribution in [3.05, 3.63) is 35.4 Å². The Hall–Kier alpha value is -2.41. The molecule has 0 atom stereocenters. The molecule has 0 saturated heterocycles. The molecule has 35 heavy (non-hydrogen) atoms. The quantitative estimate of drug-likeness (QED) is 0.238. The normalized spacial score (nSPS) is 10.8. The number of carbonyl (C=O) groups excluding carboxylic acids is 3. The van der Waals surface area contributed by atoms with Crippen molar-refractivity contribution in [2.24, 2.45) is 5.73 Å². The summed E-state index contributed by atoms with van der Waals surface area (Å²) in [7, 11) is 0. The first kappa shape index (κ1) is 30.6. The second kappa shape index (κ2) is 19.8. The molecule has 0 spiro atoms. The first-order valence-electron chi connectivity index (χ1n) is 13.5. The number of nitrogens with zero attached hydrogens (tertiary/aromatic N) is 1. The zero-order chi connectivity index (χ0) is 25.7. The van der Waals surface area contributed by atoms with Gasteiger partial charge in [0, 0.05) is 25.2 Å². The number of hydrogen-bond acceptors (Lipinski definition) is 4. The van der Waals surface area contributed by atoms with Crippen LogP contribution in [-0.2, 0) is 20.9 Å². The number of primary amides is 1. The van der Waals surface area contributed by atoms with Gasteiger partial charge in [0.2, 0.25) is 17.7 Å². The number of carbonyl (C=O) groups is 3. The summed E-state index contributed by atoms with van der Waals surface area (Å²) in [6, 6.07) is 6.80. The van der Waals surface area contributed by atoms with Crippen LogP contribution in [0.1, 0.15) is 107 Å². The standard InChI is InChI=1S/C28H47N3O4/c1-3-5-7-9-11-13-18-31(19-14-12-10-8-6-4-2)27(33)23-35-22-26(32)30-21-24-16-15-17-25(20-24)28(29)34/h15-17,20H,3-14,18-19,21-23H2,1-2H3,(H2,29,34)(H,30,32). The Morgan fingerprint density at radius 2 is 1.40 bits per heavy atom. The van der Waals surface area contributed by atoms with Crippen LogP contribution in [0.5, 0.6) is 0 Å². The predicted molar refractivity (Wildman–Crippen MR) is 141 cm³/mol. The van der Waals surface area contributed by atoms with Gasteiger partial charge in [-0.15, -0.1) is 0 Å². The molecular formula is C28H47N3O4. The third-order valence-corrected chi connectivity index (χ3v) is 6.08. The summed E-state index contributed by atoms with van der Waals surface area (Å²) in [5.41, 5.74) is 6.46. The van der Waals surface area contributed by atoms with Crippen molar-refractivity contribution in [1.29, 1.82) is 0 Å². The minimum Gasteiger partial charge on any atom is -0.366 e. The number of benzene rings is 1. The van der Waals surface area contributed by atoms with E-state index in [1.807, 2.05) is 4.90 Å². The van der Waals surface area contributed by atoms with Gasteiger partial charge in [0.15, 0.2) is 0 Å². The molecule has 0 fully saturated rings. The van der Waals surface area contributed by atoms with Crippen molar-refractivity contribution < 1.29 is 19.1 Å². The lowest BCUT2D eigenvalue weighted by molar-refractivity contribution is -0.138. The average molecular weight is 490 g/mol. The molecule has 3 amide bonds. The fourth-order valence-corrected chi connectivity index (χ4v) is 3.94. The molecule has 7 heteroatoms. The Labute approximate surface area is 212 Å². The van der Waals surface area contributed by atoms with Gasteiger partial charge in [-0.05, 0) is 30.5 Å². The Balaban J connectivity index is 2.37. The van der Waals surface area contributed by atoms with Gasteiger partial charge in [0.25, 0.3) is 0 Å². The average Bonchev–Trinajstić information content (AvgIpc) is 2.85. The van der Waals surface area contributed by atoms with Crippen molar-refractivity contribution >= 4 is 17.7 Å². The Morgan fingerprint density at radius 3 is 1.97 bits per heavy atom. The predicted octanol–water partition coefficient (Wildman–Crippen LogP) is 4.97. The van der Waals surface area contributed by atoms with E-state index in [2.05, 4.69) is 19.2 Å². The fraction of sp³-hybridized carbons (Fsp3) is 0.679. The van der Waals surface area contributed by atoms with Crippen molar-refractivity contribution in [1.82, 2.24) is 10.2 Å². The van der Waals surface area contributed by atoms with E-state index in [-0.39, 0.29) is 31.6 Å². The number of rotatable bonds is 21. The van der Waals surface area contributed by atoms with Crippen LogP contribution in [0.15, 0.2) is 24.3 Å². The molecule has 0 aliphatic heterocycles. The molecule has 1 rings (SSSR count). The molecule has 1 aromatic carbocycles. The smallest absolute Gasteiger partial charge is 0.248 e. The van der Waals surface area contributed by atoms with E-state index in [1.165, 1.54) is 51.4 Å². The number of hydrogen-bond donors (Lipinski definition) is 2. The van der Waals surface area contributed by atoms with E-state index >= 15 is 0 Å². The maximum atomic E-state index is 12.8. The van der Waals surface area contributed by atoms with Crippen LogP contribution < -0.4 is 11.1 Å².